The topological polar surface area (TPSA) is 76.2 Å². The van der Waals surface area contributed by atoms with Gasteiger partial charge in [0, 0.05) is 11.1 Å². The number of nitrogens with zero attached hydrogens (tertiary/aromatic N) is 1. The second-order valence-electron chi connectivity index (χ2n) is 3.41. The quantitative estimate of drug-likeness (QED) is 0.770. The zero-order chi connectivity index (χ0) is 10.1. The molecule has 4 nitrogen and oxygen atoms in total. The van der Waals surface area contributed by atoms with Gasteiger partial charge in [0.2, 0.25) is 0 Å². The van der Waals surface area contributed by atoms with Crippen molar-refractivity contribution in [2.24, 2.45) is 11.1 Å². The van der Waals surface area contributed by atoms with E-state index in [1.807, 2.05) is 0 Å². The van der Waals surface area contributed by atoms with Crippen LogP contribution < -0.4 is 5.73 Å². The van der Waals surface area contributed by atoms with Crippen LogP contribution in [0.5, 0.6) is 0 Å². The van der Waals surface area contributed by atoms with Gasteiger partial charge in [-0.3, -0.25) is 9.78 Å². The summed E-state index contributed by atoms with van der Waals surface area (Å²) in [7, 11) is 0. The molecule has 1 heterocycles. The van der Waals surface area contributed by atoms with Gasteiger partial charge in [-0.05, 0) is 13.8 Å². The lowest BCUT2D eigenvalue weighted by Crippen LogP contribution is -2.35. The van der Waals surface area contributed by atoms with Crippen LogP contribution in [0.1, 0.15) is 24.8 Å². The minimum absolute atomic E-state index is 0.502. The summed E-state index contributed by atoms with van der Waals surface area (Å²) in [6, 6.07) is -0.502. The summed E-state index contributed by atoms with van der Waals surface area (Å²) in [4.78, 5) is 15.5. The number of aromatic nitrogens is 1. The Kier molecular flexibility index (Phi) is 2.68. The van der Waals surface area contributed by atoms with E-state index in [9.17, 15) is 4.79 Å². The molecule has 0 radical (unpaired) electrons. The SMILES string of the molecule is CC(C)(C(=O)O)C(N)c1cncs1. The van der Waals surface area contributed by atoms with Crippen LogP contribution in [0.3, 0.4) is 0 Å². The van der Waals surface area contributed by atoms with E-state index in [1.54, 1.807) is 25.6 Å². The van der Waals surface area contributed by atoms with Gasteiger partial charge >= 0.3 is 5.97 Å². The van der Waals surface area contributed by atoms with Gasteiger partial charge in [0.1, 0.15) is 0 Å². The maximum atomic E-state index is 10.9. The van der Waals surface area contributed by atoms with Crippen molar-refractivity contribution in [1.29, 1.82) is 0 Å². The van der Waals surface area contributed by atoms with E-state index < -0.39 is 17.4 Å². The number of aliphatic carboxylic acids is 1. The van der Waals surface area contributed by atoms with E-state index in [0.717, 1.165) is 4.88 Å². The molecule has 3 N–H and O–H groups in total. The lowest BCUT2D eigenvalue weighted by Gasteiger charge is -2.25. The molecule has 0 aliphatic heterocycles. The van der Waals surface area contributed by atoms with Crippen LogP contribution in [0.2, 0.25) is 0 Å². The first-order chi connectivity index (χ1) is 5.96. The van der Waals surface area contributed by atoms with Gasteiger partial charge in [-0.2, -0.15) is 0 Å². The average molecular weight is 200 g/mol. The van der Waals surface area contributed by atoms with Crippen molar-refractivity contribution in [2.75, 3.05) is 0 Å². The van der Waals surface area contributed by atoms with Crippen molar-refractivity contribution in [3.8, 4) is 0 Å². The first-order valence-electron chi connectivity index (χ1n) is 3.83. The van der Waals surface area contributed by atoms with Crippen LogP contribution in [-0.2, 0) is 4.79 Å². The summed E-state index contributed by atoms with van der Waals surface area (Å²) in [5.41, 5.74) is 6.50. The molecule has 13 heavy (non-hydrogen) atoms. The number of rotatable bonds is 3. The van der Waals surface area contributed by atoms with Crippen LogP contribution in [0.25, 0.3) is 0 Å². The number of carbonyl (C=O) groups is 1. The second kappa shape index (κ2) is 3.43. The largest absolute Gasteiger partial charge is 0.481 e. The smallest absolute Gasteiger partial charge is 0.311 e. The van der Waals surface area contributed by atoms with Crippen LogP contribution >= 0.6 is 11.3 Å². The van der Waals surface area contributed by atoms with Crippen molar-refractivity contribution < 1.29 is 9.90 Å². The van der Waals surface area contributed by atoms with E-state index >= 15 is 0 Å². The van der Waals surface area contributed by atoms with E-state index in [-0.39, 0.29) is 0 Å². The lowest BCUT2D eigenvalue weighted by molar-refractivity contribution is -0.148. The molecule has 5 heteroatoms. The van der Waals surface area contributed by atoms with E-state index in [2.05, 4.69) is 4.98 Å². The highest BCUT2D eigenvalue weighted by Crippen LogP contribution is 2.32. The number of hydrogen-bond donors (Lipinski definition) is 2. The maximum absolute atomic E-state index is 10.9. The van der Waals surface area contributed by atoms with Crippen LogP contribution in [0, 0.1) is 5.41 Å². The molecule has 1 rings (SSSR count). The molecule has 0 spiro atoms. The Morgan fingerprint density at radius 3 is 2.77 bits per heavy atom. The standard InChI is InChI=1S/C8H12N2O2S/c1-8(2,7(11)12)6(9)5-3-10-4-13-5/h3-4,6H,9H2,1-2H3,(H,11,12). The maximum Gasteiger partial charge on any atom is 0.311 e. The highest BCUT2D eigenvalue weighted by Gasteiger charge is 2.36. The van der Waals surface area contributed by atoms with Gasteiger partial charge in [-0.25, -0.2) is 0 Å². The molecule has 0 saturated carbocycles. The summed E-state index contributed by atoms with van der Waals surface area (Å²) < 4.78 is 0. The van der Waals surface area contributed by atoms with Gasteiger partial charge in [0.15, 0.2) is 0 Å². The van der Waals surface area contributed by atoms with E-state index in [4.69, 9.17) is 10.8 Å². The summed E-state index contributed by atoms with van der Waals surface area (Å²) in [5, 5.41) is 8.91. The molecule has 0 saturated heterocycles. The van der Waals surface area contributed by atoms with Crippen molar-refractivity contribution in [3.63, 3.8) is 0 Å². The number of carboxylic acid groups (broad SMARTS) is 1. The fourth-order valence-electron chi connectivity index (χ4n) is 0.868. The molecule has 1 aromatic heterocycles. The van der Waals surface area contributed by atoms with Crippen molar-refractivity contribution >= 4 is 17.3 Å². The molecule has 0 fully saturated rings. The minimum Gasteiger partial charge on any atom is -0.481 e. The second-order valence-corrected chi connectivity index (χ2v) is 4.33. The minimum atomic E-state index is -0.952. The molecule has 0 aliphatic carbocycles. The number of nitrogens with two attached hydrogens (primary N) is 1. The third-order valence-electron chi connectivity index (χ3n) is 2.09. The van der Waals surface area contributed by atoms with Crippen LogP contribution in [-0.4, -0.2) is 16.1 Å². The summed E-state index contributed by atoms with van der Waals surface area (Å²) in [6.07, 6.45) is 1.61. The third-order valence-corrected chi connectivity index (χ3v) is 2.95. The van der Waals surface area contributed by atoms with Crippen LogP contribution in [0.4, 0.5) is 0 Å². The molecule has 1 unspecified atom stereocenters. The Morgan fingerprint density at radius 2 is 2.38 bits per heavy atom. The molecular formula is C8H12N2O2S. The summed E-state index contributed by atoms with van der Waals surface area (Å²) >= 11 is 1.38. The molecule has 1 aromatic rings. The lowest BCUT2D eigenvalue weighted by atomic mass is 9.84. The zero-order valence-corrected chi connectivity index (χ0v) is 8.34. The molecule has 0 aliphatic rings. The Labute approximate surface area is 80.4 Å². The van der Waals surface area contributed by atoms with Crippen molar-refractivity contribution in [2.45, 2.75) is 19.9 Å². The molecular weight excluding hydrogens is 188 g/mol. The summed E-state index contributed by atoms with van der Waals surface area (Å²) in [5.74, 6) is -0.895. The molecule has 72 valence electrons. The number of carboxylic acids is 1. The molecule has 0 aromatic carbocycles. The van der Waals surface area contributed by atoms with Gasteiger partial charge in [0.05, 0.1) is 17.0 Å². The first kappa shape index (κ1) is 10.1. The predicted octanol–water partition coefficient (Wildman–Crippen LogP) is 1.25. The van der Waals surface area contributed by atoms with E-state index in [0.29, 0.717) is 0 Å². The first-order valence-corrected chi connectivity index (χ1v) is 4.71. The van der Waals surface area contributed by atoms with Crippen molar-refractivity contribution in [1.82, 2.24) is 4.98 Å². The third kappa shape index (κ3) is 1.87. The highest BCUT2D eigenvalue weighted by atomic mass is 32.1. The fourth-order valence-corrected chi connectivity index (χ4v) is 1.67. The van der Waals surface area contributed by atoms with Gasteiger partial charge in [-0.15, -0.1) is 11.3 Å². The van der Waals surface area contributed by atoms with E-state index in [1.165, 1.54) is 11.3 Å². The zero-order valence-electron chi connectivity index (χ0n) is 7.52. The molecule has 0 bridgehead atoms. The van der Waals surface area contributed by atoms with Crippen molar-refractivity contribution in [3.05, 3.63) is 16.6 Å². The van der Waals surface area contributed by atoms with Gasteiger partial charge < -0.3 is 10.8 Å². The average Bonchev–Trinajstić information content (AvgIpc) is 2.54. The van der Waals surface area contributed by atoms with Gasteiger partial charge in [-0.1, -0.05) is 0 Å². The summed E-state index contributed by atoms with van der Waals surface area (Å²) in [6.45, 7) is 3.22. The Bertz CT molecular complexity index is 295. The number of hydrogen-bond acceptors (Lipinski definition) is 4. The van der Waals surface area contributed by atoms with Crippen LogP contribution in [0.15, 0.2) is 11.7 Å². The Balaban J connectivity index is 2.90. The molecule has 1 atom stereocenters. The molecule has 0 amide bonds. The Hall–Kier alpha value is -0.940. The normalized spacial score (nSPS) is 14.1. The predicted molar refractivity (Wildman–Crippen MR) is 50.5 cm³/mol. The van der Waals surface area contributed by atoms with Gasteiger partial charge in [0.25, 0.3) is 0 Å². The fraction of sp³-hybridized carbons (Fsp3) is 0.500. The Morgan fingerprint density at radius 1 is 1.77 bits per heavy atom. The monoisotopic (exact) mass is 200 g/mol. The number of thiazole rings is 1. The highest BCUT2D eigenvalue weighted by molar-refractivity contribution is 7.09.